The average molecular weight is 331 g/mol. The molecule has 1 aromatic carbocycles. The van der Waals surface area contributed by atoms with Crippen LogP contribution in [0.15, 0.2) is 22.7 Å². The maximum atomic E-state index is 5.56. The Morgan fingerprint density at radius 3 is 2.88 bits per heavy atom. The molecule has 0 radical (unpaired) electrons. The molecule has 2 aromatic rings. The van der Waals surface area contributed by atoms with Crippen LogP contribution in [0, 0.1) is 6.92 Å². The van der Waals surface area contributed by atoms with Gasteiger partial charge in [0.05, 0.1) is 19.8 Å². The SMILES string of the molecule is COc1cc(-c2noc(CN[C@@H]3CCCC[C@@H]3OC)n2)ccc1C. The third kappa shape index (κ3) is 3.76. The normalized spacial score (nSPS) is 21.0. The summed E-state index contributed by atoms with van der Waals surface area (Å²) in [5, 5.41) is 7.57. The van der Waals surface area contributed by atoms with E-state index >= 15 is 0 Å². The van der Waals surface area contributed by atoms with Gasteiger partial charge in [0.1, 0.15) is 5.75 Å². The second kappa shape index (κ2) is 7.77. The number of ether oxygens (including phenoxy) is 2. The van der Waals surface area contributed by atoms with E-state index in [4.69, 9.17) is 14.0 Å². The van der Waals surface area contributed by atoms with Crippen LogP contribution in [0.1, 0.15) is 37.1 Å². The van der Waals surface area contributed by atoms with Crippen LogP contribution in [0.5, 0.6) is 5.75 Å². The maximum Gasteiger partial charge on any atom is 0.240 e. The van der Waals surface area contributed by atoms with E-state index in [0.717, 1.165) is 29.7 Å². The van der Waals surface area contributed by atoms with Crippen molar-refractivity contribution in [2.24, 2.45) is 0 Å². The Balaban J connectivity index is 1.65. The molecule has 1 fully saturated rings. The maximum absolute atomic E-state index is 5.56. The molecule has 1 aliphatic rings. The van der Waals surface area contributed by atoms with Gasteiger partial charge in [-0.1, -0.05) is 30.1 Å². The van der Waals surface area contributed by atoms with Gasteiger partial charge in [0.2, 0.25) is 11.7 Å². The molecule has 6 nitrogen and oxygen atoms in total. The Kier molecular flexibility index (Phi) is 5.48. The number of methoxy groups -OCH3 is 2. The van der Waals surface area contributed by atoms with Crippen molar-refractivity contribution in [2.45, 2.75) is 51.3 Å². The van der Waals surface area contributed by atoms with Crippen LogP contribution in [0.4, 0.5) is 0 Å². The zero-order valence-electron chi connectivity index (χ0n) is 14.5. The predicted molar refractivity (Wildman–Crippen MR) is 90.9 cm³/mol. The van der Waals surface area contributed by atoms with Gasteiger partial charge in [-0.05, 0) is 31.4 Å². The molecule has 1 saturated carbocycles. The van der Waals surface area contributed by atoms with Gasteiger partial charge in [-0.2, -0.15) is 4.98 Å². The highest BCUT2D eigenvalue weighted by molar-refractivity contribution is 5.58. The summed E-state index contributed by atoms with van der Waals surface area (Å²) in [4.78, 5) is 4.48. The molecule has 6 heteroatoms. The van der Waals surface area contributed by atoms with Crippen molar-refractivity contribution in [3.8, 4) is 17.1 Å². The summed E-state index contributed by atoms with van der Waals surface area (Å²) in [6.45, 7) is 2.56. The van der Waals surface area contributed by atoms with Gasteiger partial charge < -0.3 is 19.3 Å². The fraction of sp³-hybridized carbons (Fsp3) is 0.556. The minimum absolute atomic E-state index is 0.266. The predicted octanol–water partition coefficient (Wildman–Crippen LogP) is 3.10. The summed E-state index contributed by atoms with van der Waals surface area (Å²) in [5.41, 5.74) is 1.97. The largest absolute Gasteiger partial charge is 0.496 e. The van der Waals surface area contributed by atoms with Crippen molar-refractivity contribution >= 4 is 0 Å². The standard InChI is InChI=1S/C18H25N3O3/c1-12-8-9-13(10-16(12)23-3)18-20-17(24-21-18)11-19-14-6-4-5-7-15(14)22-2/h8-10,14-15,19H,4-7,11H2,1-3H3/t14-,15+/m1/s1. The first-order valence-electron chi connectivity index (χ1n) is 8.45. The number of aromatic nitrogens is 2. The van der Waals surface area contributed by atoms with Gasteiger partial charge in [0.25, 0.3) is 0 Å². The van der Waals surface area contributed by atoms with E-state index in [1.54, 1.807) is 14.2 Å². The van der Waals surface area contributed by atoms with E-state index in [9.17, 15) is 0 Å². The number of hydrogen-bond acceptors (Lipinski definition) is 6. The number of nitrogens with zero attached hydrogens (tertiary/aromatic N) is 2. The monoisotopic (exact) mass is 331 g/mol. The van der Waals surface area contributed by atoms with Crippen molar-refractivity contribution in [1.29, 1.82) is 0 Å². The van der Waals surface area contributed by atoms with E-state index in [1.807, 2.05) is 25.1 Å². The lowest BCUT2D eigenvalue weighted by Gasteiger charge is -2.30. The van der Waals surface area contributed by atoms with Crippen LogP contribution in [0.25, 0.3) is 11.4 Å². The van der Waals surface area contributed by atoms with Gasteiger partial charge in [-0.25, -0.2) is 0 Å². The fourth-order valence-corrected chi connectivity index (χ4v) is 3.23. The van der Waals surface area contributed by atoms with Gasteiger partial charge in [-0.15, -0.1) is 0 Å². The minimum atomic E-state index is 0.266. The molecule has 0 aliphatic heterocycles. The first kappa shape index (κ1) is 16.9. The van der Waals surface area contributed by atoms with Crippen LogP contribution in [-0.2, 0) is 11.3 Å². The molecule has 0 spiro atoms. The van der Waals surface area contributed by atoms with Crippen molar-refractivity contribution in [1.82, 2.24) is 15.5 Å². The number of benzene rings is 1. The lowest BCUT2D eigenvalue weighted by atomic mass is 9.92. The zero-order valence-corrected chi connectivity index (χ0v) is 14.5. The quantitative estimate of drug-likeness (QED) is 0.877. The number of aryl methyl sites for hydroxylation is 1. The van der Waals surface area contributed by atoms with Crippen LogP contribution in [-0.4, -0.2) is 36.5 Å². The van der Waals surface area contributed by atoms with Gasteiger partial charge in [-0.3, -0.25) is 0 Å². The highest BCUT2D eigenvalue weighted by atomic mass is 16.5. The van der Waals surface area contributed by atoms with Crippen LogP contribution < -0.4 is 10.1 Å². The van der Waals surface area contributed by atoms with E-state index in [2.05, 4.69) is 15.5 Å². The molecular formula is C18H25N3O3. The summed E-state index contributed by atoms with van der Waals surface area (Å²) in [5.74, 6) is 1.99. The average Bonchev–Trinajstić information content (AvgIpc) is 3.09. The molecule has 130 valence electrons. The lowest BCUT2D eigenvalue weighted by molar-refractivity contribution is 0.0404. The van der Waals surface area contributed by atoms with Crippen LogP contribution >= 0.6 is 0 Å². The minimum Gasteiger partial charge on any atom is -0.496 e. The van der Waals surface area contributed by atoms with Gasteiger partial charge in [0.15, 0.2) is 0 Å². The van der Waals surface area contributed by atoms with Crippen molar-refractivity contribution in [2.75, 3.05) is 14.2 Å². The highest BCUT2D eigenvalue weighted by Crippen LogP contribution is 2.25. The zero-order chi connectivity index (χ0) is 16.9. The van der Waals surface area contributed by atoms with E-state index < -0.39 is 0 Å². The second-order valence-corrected chi connectivity index (χ2v) is 6.24. The Bertz CT molecular complexity index is 671. The Morgan fingerprint density at radius 1 is 1.25 bits per heavy atom. The van der Waals surface area contributed by atoms with Crippen LogP contribution in [0.3, 0.4) is 0 Å². The Morgan fingerprint density at radius 2 is 2.08 bits per heavy atom. The first-order valence-corrected chi connectivity index (χ1v) is 8.45. The molecule has 0 unspecified atom stereocenters. The number of nitrogens with one attached hydrogen (secondary N) is 1. The van der Waals surface area contributed by atoms with Crippen molar-refractivity contribution < 1.29 is 14.0 Å². The van der Waals surface area contributed by atoms with Crippen molar-refractivity contribution in [3.63, 3.8) is 0 Å². The molecule has 0 amide bonds. The molecule has 1 N–H and O–H groups in total. The highest BCUT2D eigenvalue weighted by Gasteiger charge is 2.24. The third-order valence-electron chi connectivity index (χ3n) is 4.66. The number of hydrogen-bond donors (Lipinski definition) is 1. The Labute approximate surface area is 142 Å². The summed E-state index contributed by atoms with van der Waals surface area (Å²) < 4.78 is 16.3. The van der Waals surface area contributed by atoms with E-state index in [1.165, 1.54) is 12.8 Å². The van der Waals surface area contributed by atoms with Gasteiger partial charge >= 0.3 is 0 Å². The molecule has 24 heavy (non-hydrogen) atoms. The molecule has 1 aliphatic carbocycles. The molecule has 1 aromatic heterocycles. The van der Waals surface area contributed by atoms with E-state index in [-0.39, 0.29) is 6.10 Å². The topological polar surface area (TPSA) is 69.4 Å². The molecule has 0 saturated heterocycles. The molecule has 3 rings (SSSR count). The van der Waals surface area contributed by atoms with Crippen molar-refractivity contribution in [3.05, 3.63) is 29.7 Å². The van der Waals surface area contributed by atoms with E-state index in [0.29, 0.717) is 24.3 Å². The summed E-state index contributed by atoms with van der Waals surface area (Å²) in [7, 11) is 3.44. The first-order chi connectivity index (χ1) is 11.7. The third-order valence-corrected chi connectivity index (χ3v) is 4.66. The Hall–Kier alpha value is -1.92. The number of rotatable bonds is 6. The summed E-state index contributed by atoms with van der Waals surface area (Å²) in [6, 6.07) is 6.24. The molecule has 0 bridgehead atoms. The second-order valence-electron chi connectivity index (χ2n) is 6.24. The lowest BCUT2D eigenvalue weighted by Crippen LogP contribution is -2.42. The molecule has 2 atom stereocenters. The van der Waals surface area contributed by atoms with Crippen LogP contribution in [0.2, 0.25) is 0 Å². The van der Waals surface area contributed by atoms with Gasteiger partial charge in [0, 0.05) is 18.7 Å². The summed E-state index contributed by atoms with van der Waals surface area (Å²) in [6.07, 6.45) is 4.95. The summed E-state index contributed by atoms with van der Waals surface area (Å²) >= 11 is 0. The fourth-order valence-electron chi connectivity index (χ4n) is 3.23. The molecular weight excluding hydrogens is 306 g/mol. The smallest absolute Gasteiger partial charge is 0.240 e. The molecule has 1 heterocycles.